The van der Waals surface area contributed by atoms with Gasteiger partial charge in [-0.3, -0.25) is 24.2 Å². The van der Waals surface area contributed by atoms with Crippen LogP contribution in [0.2, 0.25) is 0 Å². The highest BCUT2D eigenvalue weighted by atomic mass is 32.2. The Balaban J connectivity index is 1.92. The number of aromatic nitrogens is 6. The lowest BCUT2D eigenvalue weighted by molar-refractivity contribution is 0.168. The summed E-state index contributed by atoms with van der Waals surface area (Å²) in [5, 5.41) is 8.48. The molecule has 1 N–H and O–H groups in total. The maximum absolute atomic E-state index is 13.9. The zero-order chi connectivity index (χ0) is 26.6. The summed E-state index contributed by atoms with van der Waals surface area (Å²) in [5.74, 6) is 1.05. The second-order valence-corrected chi connectivity index (χ2v) is 10.4. The van der Waals surface area contributed by atoms with Gasteiger partial charge in [-0.05, 0) is 38.1 Å². The summed E-state index contributed by atoms with van der Waals surface area (Å²) < 4.78 is 46.8. The molecule has 1 atom stereocenters. The summed E-state index contributed by atoms with van der Waals surface area (Å²) in [6.45, 7) is 3.08. The molecule has 0 unspecified atom stereocenters. The maximum atomic E-state index is 13.9. The molecule has 0 bridgehead atoms. The fourth-order valence-corrected chi connectivity index (χ4v) is 5.01. The van der Waals surface area contributed by atoms with Crippen molar-refractivity contribution in [3.8, 4) is 28.6 Å². The smallest absolute Gasteiger partial charge is 0.248 e. The van der Waals surface area contributed by atoms with Crippen molar-refractivity contribution in [2.75, 3.05) is 32.7 Å². The van der Waals surface area contributed by atoms with Crippen LogP contribution in [0.1, 0.15) is 18.3 Å². The van der Waals surface area contributed by atoms with Crippen molar-refractivity contribution in [3.05, 3.63) is 66.5 Å². The van der Waals surface area contributed by atoms with Crippen LogP contribution in [0.15, 0.2) is 55.1 Å². The van der Waals surface area contributed by atoms with E-state index < -0.39 is 14.8 Å². The van der Waals surface area contributed by atoms with E-state index in [1.54, 1.807) is 49.6 Å². The van der Waals surface area contributed by atoms with Gasteiger partial charge in [0, 0.05) is 31.3 Å². The molecule has 37 heavy (non-hydrogen) atoms. The molecule has 3 aromatic heterocycles. The molecule has 13 heteroatoms. The lowest BCUT2D eigenvalue weighted by Crippen LogP contribution is -2.42. The van der Waals surface area contributed by atoms with Crippen molar-refractivity contribution in [1.29, 1.82) is 0 Å². The third-order valence-corrected chi connectivity index (χ3v) is 7.73. The van der Waals surface area contributed by atoms with E-state index in [2.05, 4.69) is 29.9 Å². The van der Waals surface area contributed by atoms with Crippen molar-refractivity contribution in [3.63, 3.8) is 0 Å². The van der Waals surface area contributed by atoms with Crippen molar-refractivity contribution < 1.29 is 22.6 Å². The SMILES string of the molecule is COC[C@@](C)(c1cnc(C)cn1)S(=O)(=O)Nc1nnc(-c2cccnc2)n1-c1c(OC)cccc1OC. The predicted octanol–water partition coefficient (Wildman–Crippen LogP) is 2.75. The Morgan fingerprint density at radius 2 is 1.70 bits per heavy atom. The second kappa shape index (κ2) is 10.5. The van der Waals surface area contributed by atoms with Crippen LogP contribution < -0.4 is 14.2 Å². The zero-order valence-corrected chi connectivity index (χ0v) is 21.9. The zero-order valence-electron chi connectivity index (χ0n) is 21.0. The molecule has 1 aromatic carbocycles. The number of nitrogens with one attached hydrogen (secondary N) is 1. The number of methoxy groups -OCH3 is 3. The highest BCUT2D eigenvalue weighted by molar-refractivity contribution is 7.93. The van der Waals surface area contributed by atoms with Crippen molar-refractivity contribution in [2.24, 2.45) is 0 Å². The number of aryl methyl sites for hydroxylation is 1. The van der Waals surface area contributed by atoms with E-state index in [0.29, 0.717) is 34.3 Å². The predicted molar refractivity (Wildman–Crippen MR) is 136 cm³/mol. The fourth-order valence-electron chi connectivity index (χ4n) is 3.76. The Labute approximate surface area is 214 Å². The first-order valence-electron chi connectivity index (χ1n) is 11.1. The molecule has 0 saturated heterocycles. The van der Waals surface area contributed by atoms with Crippen LogP contribution in [0.25, 0.3) is 17.1 Å². The Morgan fingerprint density at radius 1 is 0.973 bits per heavy atom. The summed E-state index contributed by atoms with van der Waals surface area (Å²) in [6.07, 6.45) is 6.14. The average Bonchev–Trinajstić information content (AvgIpc) is 3.31. The van der Waals surface area contributed by atoms with Gasteiger partial charge in [0.15, 0.2) is 10.6 Å². The number of rotatable bonds is 10. The highest BCUT2D eigenvalue weighted by Gasteiger charge is 2.44. The van der Waals surface area contributed by atoms with Gasteiger partial charge in [0.05, 0.1) is 38.4 Å². The van der Waals surface area contributed by atoms with Gasteiger partial charge in [0.1, 0.15) is 17.2 Å². The van der Waals surface area contributed by atoms with E-state index in [1.165, 1.54) is 45.2 Å². The summed E-state index contributed by atoms with van der Waals surface area (Å²) in [5.41, 5.74) is 1.86. The standard InChI is InChI=1S/C24H27N7O5S/c1-16-12-27-20(14-26-16)24(2,15-34-3)37(32,33)30-23-29-28-22(17-8-7-11-25-13-17)31(23)21-18(35-4)9-6-10-19(21)36-5/h6-14H,15H2,1-5H3,(H,29,30)/t24-/m0/s1. The molecule has 0 fully saturated rings. The maximum Gasteiger partial charge on any atom is 0.248 e. The summed E-state index contributed by atoms with van der Waals surface area (Å²) in [6, 6.07) is 8.72. The minimum Gasteiger partial charge on any atom is -0.494 e. The Morgan fingerprint density at radius 3 is 2.27 bits per heavy atom. The van der Waals surface area contributed by atoms with Crippen molar-refractivity contribution in [1.82, 2.24) is 29.7 Å². The molecule has 0 spiro atoms. The molecule has 0 aliphatic heterocycles. The van der Waals surface area contributed by atoms with Gasteiger partial charge in [-0.1, -0.05) is 6.07 Å². The first-order valence-corrected chi connectivity index (χ1v) is 12.6. The minimum absolute atomic E-state index is 0.0935. The van der Waals surface area contributed by atoms with E-state index in [1.807, 2.05) is 0 Å². The van der Waals surface area contributed by atoms with E-state index >= 15 is 0 Å². The number of benzene rings is 1. The molecule has 0 saturated carbocycles. The first kappa shape index (κ1) is 26.0. The molecule has 0 radical (unpaired) electrons. The Hall–Kier alpha value is -4.10. The number of para-hydroxylation sites is 1. The van der Waals surface area contributed by atoms with Crippen molar-refractivity contribution >= 4 is 16.0 Å². The largest absolute Gasteiger partial charge is 0.494 e. The summed E-state index contributed by atoms with van der Waals surface area (Å²) in [4.78, 5) is 12.7. The number of sulfonamides is 1. The summed E-state index contributed by atoms with van der Waals surface area (Å²) >= 11 is 0. The molecular weight excluding hydrogens is 498 g/mol. The normalized spacial score (nSPS) is 13.1. The van der Waals surface area contributed by atoms with Crippen LogP contribution in [0.5, 0.6) is 11.5 Å². The van der Waals surface area contributed by atoms with Crippen LogP contribution in [-0.2, 0) is 19.5 Å². The number of pyridine rings is 1. The van der Waals surface area contributed by atoms with E-state index in [4.69, 9.17) is 14.2 Å². The highest BCUT2D eigenvalue weighted by Crippen LogP contribution is 2.38. The number of hydrogen-bond acceptors (Lipinski definition) is 10. The molecule has 4 rings (SSSR count). The number of hydrogen-bond donors (Lipinski definition) is 1. The van der Waals surface area contributed by atoms with Crippen molar-refractivity contribution in [2.45, 2.75) is 18.6 Å². The van der Waals surface area contributed by atoms with Crippen LogP contribution in [-0.4, -0.2) is 66.1 Å². The van der Waals surface area contributed by atoms with Crippen LogP contribution >= 0.6 is 0 Å². The third kappa shape index (κ3) is 4.82. The molecular formula is C24H27N7O5S. The molecule has 0 aliphatic carbocycles. The molecule has 12 nitrogen and oxygen atoms in total. The van der Waals surface area contributed by atoms with Gasteiger partial charge < -0.3 is 14.2 Å². The lowest BCUT2D eigenvalue weighted by atomic mass is 10.1. The molecule has 194 valence electrons. The van der Waals surface area contributed by atoms with Gasteiger partial charge in [-0.25, -0.2) is 8.42 Å². The topological polar surface area (TPSA) is 143 Å². The van der Waals surface area contributed by atoms with Gasteiger partial charge in [-0.2, -0.15) is 0 Å². The fraction of sp³-hybridized carbons (Fsp3) is 0.292. The van der Waals surface area contributed by atoms with Crippen LogP contribution in [0, 0.1) is 6.92 Å². The van der Waals surface area contributed by atoms with Gasteiger partial charge in [-0.15, -0.1) is 10.2 Å². The summed E-state index contributed by atoms with van der Waals surface area (Å²) in [7, 11) is 0.179. The quantitative estimate of drug-likeness (QED) is 0.328. The third-order valence-electron chi connectivity index (χ3n) is 5.77. The lowest BCUT2D eigenvalue weighted by Gasteiger charge is -2.28. The Kier molecular flexibility index (Phi) is 7.36. The first-order chi connectivity index (χ1) is 17.8. The minimum atomic E-state index is -4.24. The second-order valence-electron chi connectivity index (χ2n) is 8.25. The van der Waals surface area contributed by atoms with Crippen LogP contribution in [0.3, 0.4) is 0 Å². The molecule has 4 aromatic rings. The molecule has 0 amide bonds. The van der Waals surface area contributed by atoms with Gasteiger partial charge in [0.25, 0.3) is 0 Å². The average molecular weight is 526 g/mol. The van der Waals surface area contributed by atoms with Crippen LogP contribution in [0.4, 0.5) is 5.95 Å². The number of nitrogens with zero attached hydrogens (tertiary/aromatic N) is 6. The monoisotopic (exact) mass is 525 g/mol. The number of anilines is 1. The van der Waals surface area contributed by atoms with Gasteiger partial charge in [0.2, 0.25) is 16.0 Å². The van der Waals surface area contributed by atoms with E-state index in [-0.39, 0.29) is 18.2 Å². The van der Waals surface area contributed by atoms with E-state index in [0.717, 1.165) is 0 Å². The molecule has 3 heterocycles. The Bertz CT molecular complexity index is 1460. The van der Waals surface area contributed by atoms with Gasteiger partial charge >= 0.3 is 0 Å². The van der Waals surface area contributed by atoms with E-state index in [9.17, 15) is 8.42 Å². The number of ether oxygens (including phenoxy) is 3. The molecule has 0 aliphatic rings.